The van der Waals surface area contributed by atoms with Crippen LogP contribution in [0.3, 0.4) is 0 Å². The molecule has 0 atom stereocenters. The summed E-state index contributed by atoms with van der Waals surface area (Å²) in [5, 5.41) is 0. The first kappa shape index (κ1) is 12.3. The third kappa shape index (κ3) is 1.93. The van der Waals surface area contributed by atoms with Crippen LogP contribution in [0, 0.1) is 0 Å². The van der Waals surface area contributed by atoms with Crippen molar-refractivity contribution in [2.45, 2.75) is 0 Å². The molecule has 0 aliphatic carbocycles. The van der Waals surface area contributed by atoms with Gasteiger partial charge in [0.05, 0.1) is 31.0 Å². The number of ether oxygens (including phenoxy) is 2. The Morgan fingerprint density at radius 1 is 1.10 bits per heavy atom. The van der Waals surface area contributed by atoms with Gasteiger partial charge in [-0.1, -0.05) is 6.07 Å². The van der Waals surface area contributed by atoms with E-state index in [9.17, 15) is 0 Å². The van der Waals surface area contributed by atoms with Crippen LogP contribution in [0.25, 0.3) is 22.4 Å². The Labute approximate surface area is 116 Å². The van der Waals surface area contributed by atoms with E-state index in [1.165, 1.54) is 0 Å². The summed E-state index contributed by atoms with van der Waals surface area (Å²) in [7, 11) is 3.25. The zero-order valence-electron chi connectivity index (χ0n) is 11.3. The van der Waals surface area contributed by atoms with Crippen molar-refractivity contribution in [3.05, 3.63) is 36.4 Å². The largest absolute Gasteiger partial charge is 0.497 e. The van der Waals surface area contributed by atoms with Gasteiger partial charge in [-0.25, -0.2) is 4.98 Å². The fraction of sp³-hybridized carbons (Fsp3) is 0.133. The second-order valence-electron chi connectivity index (χ2n) is 4.40. The molecule has 0 aliphatic rings. The van der Waals surface area contributed by atoms with Crippen molar-refractivity contribution in [3.8, 4) is 22.9 Å². The number of methoxy groups -OCH3 is 2. The first-order valence-corrected chi connectivity index (χ1v) is 6.19. The summed E-state index contributed by atoms with van der Waals surface area (Å²) in [6.45, 7) is 0. The first-order valence-electron chi connectivity index (χ1n) is 6.19. The molecule has 0 saturated carbocycles. The Hall–Kier alpha value is -2.69. The summed E-state index contributed by atoms with van der Waals surface area (Å²) in [5.41, 5.74) is 9.07. The SMILES string of the molecule is COc1ccc(OC)c(-c2nc3c(N)cccc3[nH]2)c1. The van der Waals surface area contributed by atoms with E-state index in [1.54, 1.807) is 14.2 Å². The quantitative estimate of drug-likeness (QED) is 0.717. The van der Waals surface area contributed by atoms with Crippen LogP contribution >= 0.6 is 0 Å². The number of aromatic nitrogens is 2. The van der Waals surface area contributed by atoms with Crippen molar-refractivity contribution in [2.24, 2.45) is 0 Å². The Kier molecular flexibility index (Phi) is 2.95. The van der Waals surface area contributed by atoms with Gasteiger partial charge >= 0.3 is 0 Å². The van der Waals surface area contributed by atoms with Crippen molar-refractivity contribution in [1.29, 1.82) is 0 Å². The molecule has 3 aromatic rings. The number of rotatable bonds is 3. The number of fused-ring (bicyclic) bond motifs is 1. The number of nitrogen functional groups attached to an aromatic ring is 1. The predicted octanol–water partition coefficient (Wildman–Crippen LogP) is 2.83. The van der Waals surface area contributed by atoms with Gasteiger partial charge in [0.25, 0.3) is 0 Å². The van der Waals surface area contributed by atoms with E-state index in [2.05, 4.69) is 9.97 Å². The molecule has 1 aromatic heterocycles. The molecule has 0 spiro atoms. The lowest BCUT2D eigenvalue weighted by molar-refractivity contribution is 0.404. The highest BCUT2D eigenvalue weighted by atomic mass is 16.5. The molecule has 0 fully saturated rings. The number of imidazole rings is 1. The van der Waals surface area contributed by atoms with Gasteiger partial charge in [-0.2, -0.15) is 0 Å². The molecule has 0 amide bonds. The predicted molar refractivity (Wildman–Crippen MR) is 79.0 cm³/mol. The number of nitrogens with two attached hydrogens (primary N) is 1. The summed E-state index contributed by atoms with van der Waals surface area (Å²) in [6.07, 6.45) is 0. The fourth-order valence-electron chi connectivity index (χ4n) is 2.18. The highest BCUT2D eigenvalue weighted by Crippen LogP contribution is 2.33. The molecular weight excluding hydrogens is 254 g/mol. The number of H-pyrrole nitrogens is 1. The van der Waals surface area contributed by atoms with Gasteiger partial charge in [0.1, 0.15) is 22.8 Å². The minimum Gasteiger partial charge on any atom is -0.497 e. The molecule has 2 aromatic carbocycles. The van der Waals surface area contributed by atoms with E-state index >= 15 is 0 Å². The topological polar surface area (TPSA) is 73.2 Å². The summed E-state index contributed by atoms with van der Waals surface area (Å²) >= 11 is 0. The second kappa shape index (κ2) is 4.77. The third-order valence-corrected chi connectivity index (χ3v) is 3.21. The average Bonchev–Trinajstić information content (AvgIpc) is 2.92. The lowest BCUT2D eigenvalue weighted by atomic mass is 10.2. The maximum atomic E-state index is 5.94. The molecule has 1 heterocycles. The number of aromatic amines is 1. The van der Waals surface area contributed by atoms with Gasteiger partial charge < -0.3 is 20.2 Å². The molecule has 0 saturated heterocycles. The van der Waals surface area contributed by atoms with Crippen LogP contribution in [0.2, 0.25) is 0 Å². The number of hydrogen-bond donors (Lipinski definition) is 2. The minimum atomic E-state index is 0.645. The van der Waals surface area contributed by atoms with E-state index in [0.717, 1.165) is 28.1 Å². The van der Waals surface area contributed by atoms with Crippen molar-refractivity contribution in [2.75, 3.05) is 20.0 Å². The van der Waals surface area contributed by atoms with Gasteiger partial charge in [-0.05, 0) is 30.3 Å². The fourth-order valence-corrected chi connectivity index (χ4v) is 2.18. The standard InChI is InChI=1S/C15H15N3O2/c1-19-9-6-7-13(20-2)10(8-9)15-17-12-5-3-4-11(16)14(12)18-15/h3-8H,16H2,1-2H3,(H,17,18). The van der Waals surface area contributed by atoms with E-state index in [-0.39, 0.29) is 0 Å². The van der Waals surface area contributed by atoms with Gasteiger partial charge in [0.15, 0.2) is 0 Å². The number of nitrogens with zero attached hydrogens (tertiary/aromatic N) is 1. The number of anilines is 1. The molecule has 20 heavy (non-hydrogen) atoms. The van der Waals surface area contributed by atoms with E-state index in [0.29, 0.717) is 11.5 Å². The maximum Gasteiger partial charge on any atom is 0.142 e. The maximum absolute atomic E-state index is 5.94. The van der Waals surface area contributed by atoms with Crippen molar-refractivity contribution < 1.29 is 9.47 Å². The lowest BCUT2D eigenvalue weighted by Gasteiger charge is -2.08. The van der Waals surface area contributed by atoms with Crippen LogP contribution in [-0.2, 0) is 0 Å². The molecule has 0 bridgehead atoms. The van der Waals surface area contributed by atoms with Gasteiger partial charge in [-0.3, -0.25) is 0 Å². The molecule has 3 rings (SSSR count). The van der Waals surface area contributed by atoms with Crippen molar-refractivity contribution >= 4 is 16.7 Å². The van der Waals surface area contributed by atoms with E-state index in [4.69, 9.17) is 15.2 Å². The Bertz CT molecular complexity index is 765. The summed E-state index contributed by atoms with van der Waals surface area (Å²) in [5.74, 6) is 2.17. The minimum absolute atomic E-state index is 0.645. The second-order valence-corrected chi connectivity index (χ2v) is 4.40. The lowest BCUT2D eigenvalue weighted by Crippen LogP contribution is -1.91. The van der Waals surface area contributed by atoms with Gasteiger partial charge in [0.2, 0.25) is 0 Å². The molecule has 0 unspecified atom stereocenters. The summed E-state index contributed by atoms with van der Waals surface area (Å²) < 4.78 is 10.6. The van der Waals surface area contributed by atoms with Crippen LogP contribution in [-0.4, -0.2) is 24.2 Å². The molecule has 0 radical (unpaired) electrons. The average molecular weight is 269 g/mol. The molecule has 5 heteroatoms. The number of para-hydroxylation sites is 1. The van der Waals surface area contributed by atoms with Crippen molar-refractivity contribution in [1.82, 2.24) is 9.97 Å². The molecule has 3 N–H and O–H groups in total. The van der Waals surface area contributed by atoms with Crippen LogP contribution in [0.1, 0.15) is 0 Å². The molecular formula is C15H15N3O2. The molecule has 102 valence electrons. The van der Waals surface area contributed by atoms with Gasteiger partial charge in [0, 0.05) is 0 Å². The number of hydrogen-bond acceptors (Lipinski definition) is 4. The zero-order valence-corrected chi connectivity index (χ0v) is 11.3. The van der Waals surface area contributed by atoms with Crippen molar-refractivity contribution in [3.63, 3.8) is 0 Å². The smallest absolute Gasteiger partial charge is 0.142 e. The first-order chi connectivity index (χ1) is 9.72. The van der Waals surface area contributed by atoms with Crippen LogP contribution in [0.4, 0.5) is 5.69 Å². The highest BCUT2D eigenvalue weighted by molar-refractivity contribution is 5.89. The highest BCUT2D eigenvalue weighted by Gasteiger charge is 2.13. The Morgan fingerprint density at radius 2 is 1.95 bits per heavy atom. The molecule has 5 nitrogen and oxygen atoms in total. The number of benzene rings is 2. The Morgan fingerprint density at radius 3 is 2.65 bits per heavy atom. The van der Waals surface area contributed by atoms with E-state index < -0.39 is 0 Å². The van der Waals surface area contributed by atoms with Gasteiger partial charge in [-0.15, -0.1) is 0 Å². The third-order valence-electron chi connectivity index (χ3n) is 3.21. The monoisotopic (exact) mass is 269 g/mol. The number of nitrogens with one attached hydrogen (secondary N) is 1. The summed E-state index contributed by atoms with van der Waals surface area (Å²) in [6, 6.07) is 11.2. The normalized spacial score (nSPS) is 10.7. The Balaban J connectivity index is 2.21. The van der Waals surface area contributed by atoms with E-state index in [1.807, 2.05) is 36.4 Å². The van der Waals surface area contributed by atoms with Crippen LogP contribution in [0.15, 0.2) is 36.4 Å². The van der Waals surface area contributed by atoms with Crippen LogP contribution in [0.5, 0.6) is 11.5 Å². The summed E-state index contributed by atoms with van der Waals surface area (Å²) in [4.78, 5) is 7.80. The zero-order chi connectivity index (χ0) is 14.1. The van der Waals surface area contributed by atoms with Crippen LogP contribution < -0.4 is 15.2 Å². The molecule has 0 aliphatic heterocycles.